The Labute approximate surface area is 137 Å². The van der Waals surface area contributed by atoms with Crippen LogP contribution in [-0.4, -0.2) is 11.7 Å². The molecule has 0 saturated heterocycles. The molecule has 0 aliphatic rings. The van der Waals surface area contributed by atoms with E-state index in [4.69, 9.17) is 16.3 Å². The summed E-state index contributed by atoms with van der Waals surface area (Å²) in [6, 6.07) is 15.6. The first-order chi connectivity index (χ1) is 10.4. The number of hydrogen-bond acceptors (Lipinski definition) is 2. The summed E-state index contributed by atoms with van der Waals surface area (Å²) in [5, 5.41) is 0. The van der Waals surface area contributed by atoms with Gasteiger partial charge < -0.3 is 4.74 Å². The van der Waals surface area contributed by atoms with Gasteiger partial charge in [0.25, 0.3) is 0 Å². The lowest BCUT2D eigenvalue weighted by Gasteiger charge is -2.21. The Hall–Kier alpha value is -1.80. The molecule has 2 rings (SSSR count). The van der Waals surface area contributed by atoms with Crippen molar-refractivity contribution in [2.75, 3.05) is 5.88 Å². The molecule has 2 nitrogen and oxygen atoms in total. The zero-order valence-corrected chi connectivity index (χ0v) is 14.0. The summed E-state index contributed by atoms with van der Waals surface area (Å²) in [6.07, 6.45) is 0. The van der Waals surface area contributed by atoms with Crippen LogP contribution in [0, 0.1) is 12.3 Å². The SMILES string of the molecule is Cc1cc(OCc2ccccc2)ccc1C(=O)C(C)(C)CCl. The van der Waals surface area contributed by atoms with Gasteiger partial charge in [-0.15, -0.1) is 11.6 Å². The van der Waals surface area contributed by atoms with Crippen LogP contribution >= 0.6 is 11.6 Å². The molecule has 3 heteroatoms. The molecule has 0 aliphatic heterocycles. The molecule has 0 fully saturated rings. The monoisotopic (exact) mass is 316 g/mol. The van der Waals surface area contributed by atoms with Crippen LogP contribution in [0.1, 0.15) is 35.3 Å². The second kappa shape index (κ2) is 6.97. The predicted octanol–water partition coefficient (Wildman–Crippen LogP) is 5.02. The van der Waals surface area contributed by atoms with Crippen LogP contribution in [0.5, 0.6) is 5.75 Å². The van der Waals surface area contributed by atoms with Crippen LogP contribution in [0.4, 0.5) is 0 Å². The van der Waals surface area contributed by atoms with Gasteiger partial charge in [-0.25, -0.2) is 0 Å². The summed E-state index contributed by atoms with van der Waals surface area (Å²) in [5.74, 6) is 1.13. The average molecular weight is 317 g/mol. The van der Waals surface area contributed by atoms with Gasteiger partial charge in [-0.05, 0) is 36.2 Å². The Morgan fingerprint density at radius 1 is 1.14 bits per heavy atom. The Morgan fingerprint density at radius 3 is 2.41 bits per heavy atom. The number of carbonyl (C=O) groups excluding carboxylic acids is 1. The summed E-state index contributed by atoms with van der Waals surface area (Å²) >= 11 is 5.89. The number of hydrogen-bond donors (Lipinski definition) is 0. The number of aryl methyl sites for hydroxylation is 1. The van der Waals surface area contributed by atoms with Crippen molar-refractivity contribution in [3.8, 4) is 5.75 Å². The van der Waals surface area contributed by atoms with Crippen LogP contribution in [0.25, 0.3) is 0 Å². The highest BCUT2D eigenvalue weighted by Gasteiger charge is 2.28. The number of carbonyl (C=O) groups is 1. The van der Waals surface area contributed by atoms with Gasteiger partial charge in [-0.1, -0.05) is 44.2 Å². The van der Waals surface area contributed by atoms with Gasteiger partial charge in [0.15, 0.2) is 5.78 Å². The molecular formula is C19H21ClO2. The molecule has 0 heterocycles. The van der Waals surface area contributed by atoms with Crippen molar-refractivity contribution in [3.05, 3.63) is 65.2 Å². The Bertz CT molecular complexity index is 648. The minimum atomic E-state index is -0.557. The third kappa shape index (κ3) is 3.89. The molecule has 0 spiro atoms. The number of Topliss-reactive ketones (excluding diaryl/α,β-unsaturated/α-hetero) is 1. The molecule has 2 aromatic rings. The number of rotatable bonds is 6. The third-order valence-electron chi connectivity index (χ3n) is 3.64. The minimum Gasteiger partial charge on any atom is -0.489 e. The summed E-state index contributed by atoms with van der Waals surface area (Å²) in [6.45, 7) is 6.16. The molecule has 0 aromatic heterocycles. The van der Waals surface area contributed by atoms with Gasteiger partial charge in [0.05, 0.1) is 0 Å². The summed E-state index contributed by atoms with van der Waals surface area (Å²) < 4.78 is 5.78. The first-order valence-electron chi connectivity index (χ1n) is 7.32. The predicted molar refractivity (Wildman–Crippen MR) is 90.8 cm³/mol. The van der Waals surface area contributed by atoms with E-state index >= 15 is 0 Å². The molecule has 0 aliphatic carbocycles. The molecule has 116 valence electrons. The quantitative estimate of drug-likeness (QED) is 0.552. The highest BCUT2D eigenvalue weighted by molar-refractivity contribution is 6.21. The molecule has 0 bridgehead atoms. The van der Waals surface area contributed by atoms with E-state index in [1.54, 1.807) is 0 Å². The standard InChI is InChI=1S/C19H21ClO2/c1-14-11-16(22-12-15-7-5-4-6-8-15)9-10-17(14)18(21)19(2,3)13-20/h4-11H,12-13H2,1-3H3. The van der Waals surface area contributed by atoms with E-state index in [1.165, 1.54) is 0 Å². The van der Waals surface area contributed by atoms with Crippen molar-refractivity contribution >= 4 is 17.4 Å². The van der Waals surface area contributed by atoms with Crippen molar-refractivity contribution < 1.29 is 9.53 Å². The van der Waals surface area contributed by atoms with Gasteiger partial charge >= 0.3 is 0 Å². The molecular weight excluding hydrogens is 296 g/mol. The maximum Gasteiger partial charge on any atom is 0.169 e. The van der Waals surface area contributed by atoms with Crippen LogP contribution in [-0.2, 0) is 6.61 Å². The zero-order valence-electron chi connectivity index (χ0n) is 13.2. The highest BCUT2D eigenvalue weighted by atomic mass is 35.5. The molecule has 0 saturated carbocycles. The zero-order chi connectivity index (χ0) is 16.2. The van der Waals surface area contributed by atoms with Crippen LogP contribution in [0.2, 0.25) is 0 Å². The molecule has 22 heavy (non-hydrogen) atoms. The number of ketones is 1. The van der Waals surface area contributed by atoms with Crippen molar-refractivity contribution in [2.24, 2.45) is 5.41 Å². The van der Waals surface area contributed by atoms with Crippen molar-refractivity contribution in [1.82, 2.24) is 0 Å². The lowest BCUT2D eigenvalue weighted by molar-refractivity contribution is 0.0861. The molecule has 0 amide bonds. The van der Waals surface area contributed by atoms with Crippen molar-refractivity contribution in [3.63, 3.8) is 0 Å². The highest BCUT2D eigenvalue weighted by Crippen LogP contribution is 2.27. The topological polar surface area (TPSA) is 26.3 Å². The van der Waals surface area contributed by atoms with Gasteiger partial charge in [-0.2, -0.15) is 0 Å². The normalized spacial score (nSPS) is 11.3. The first-order valence-corrected chi connectivity index (χ1v) is 7.85. The van der Waals surface area contributed by atoms with Gasteiger partial charge in [-0.3, -0.25) is 4.79 Å². The Morgan fingerprint density at radius 2 is 1.82 bits per heavy atom. The minimum absolute atomic E-state index is 0.0645. The fraction of sp³-hybridized carbons (Fsp3) is 0.316. The number of halogens is 1. The maximum atomic E-state index is 12.5. The van der Waals surface area contributed by atoms with Crippen LogP contribution in [0.15, 0.2) is 48.5 Å². The summed E-state index contributed by atoms with van der Waals surface area (Å²) in [7, 11) is 0. The molecule has 0 radical (unpaired) electrons. The Kier molecular flexibility index (Phi) is 5.25. The Balaban J connectivity index is 2.11. The third-order valence-corrected chi connectivity index (χ3v) is 4.31. The van der Waals surface area contributed by atoms with E-state index in [0.717, 1.165) is 16.9 Å². The largest absolute Gasteiger partial charge is 0.489 e. The lowest BCUT2D eigenvalue weighted by atomic mass is 9.84. The van der Waals surface area contributed by atoms with E-state index in [1.807, 2.05) is 69.3 Å². The van der Waals surface area contributed by atoms with E-state index in [2.05, 4.69) is 0 Å². The summed E-state index contributed by atoms with van der Waals surface area (Å²) in [5.41, 5.74) is 2.17. The fourth-order valence-electron chi connectivity index (χ4n) is 2.15. The van der Waals surface area contributed by atoms with Crippen LogP contribution < -0.4 is 4.74 Å². The molecule has 0 N–H and O–H groups in total. The van der Waals surface area contributed by atoms with Gasteiger partial charge in [0.2, 0.25) is 0 Å². The fourth-order valence-corrected chi connectivity index (χ4v) is 2.27. The van der Waals surface area contributed by atoms with E-state index in [9.17, 15) is 4.79 Å². The molecule has 0 atom stereocenters. The first kappa shape index (κ1) is 16.6. The number of alkyl halides is 1. The van der Waals surface area contributed by atoms with Gasteiger partial charge in [0, 0.05) is 16.9 Å². The van der Waals surface area contributed by atoms with Gasteiger partial charge in [0.1, 0.15) is 12.4 Å². The van der Waals surface area contributed by atoms with Crippen LogP contribution in [0.3, 0.4) is 0 Å². The van der Waals surface area contributed by atoms with E-state index < -0.39 is 5.41 Å². The molecule has 0 unspecified atom stereocenters. The van der Waals surface area contributed by atoms with E-state index in [-0.39, 0.29) is 5.78 Å². The lowest BCUT2D eigenvalue weighted by Crippen LogP contribution is -2.26. The maximum absolute atomic E-state index is 12.5. The average Bonchev–Trinajstić information content (AvgIpc) is 2.53. The second-order valence-corrected chi connectivity index (χ2v) is 6.36. The van der Waals surface area contributed by atoms with E-state index in [0.29, 0.717) is 18.1 Å². The second-order valence-electron chi connectivity index (χ2n) is 6.10. The smallest absolute Gasteiger partial charge is 0.169 e. The summed E-state index contributed by atoms with van der Waals surface area (Å²) in [4.78, 5) is 12.5. The van der Waals surface area contributed by atoms with Crippen molar-refractivity contribution in [2.45, 2.75) is 27.4 Å². The number of ether oxygens (including phenoxy) is 1. The molecule has 2 aromatic carbocycles. The van der Waals surface area contributed by atoms with Crippen molar-refractivity contribution in [1.29, 1.82) is 0 Å². The number of benzene rings is 2.